The lowest BCUT2D eigenvalue weighted by Crippen LogP contribution is -2.48. The summed E-state index contributed by atoms with van der Waals surface area (Å²) in [6.45, 7) is 0. The summed E-state index contributed by atoms with van der Waals surface area (Å²) in [6, 6.07) is -2.42. The van der Waals surface area contributed by atoms with Crippen molar-refractivity contribution in [2.45, 2.75) is 31.3 Å². The lowest BCUT2D eigenvalue weighted by molar-refractivity contribution is -0.573. The largest absolute Gasteiger partial charge is 0.550 e. The summed E-state index contributed by atoms with van der Waals surface area (Å²) >= 11 is 0. The van der Waals surface area contributed by atoms with Gasteiger partial charge in [-0.2, -0.15) is 0 Å². The van der Waals surface area contributed by atoms with Gasteiger partial charge in [0, 0.05) is 16.3 Å². The maximum Gasteiger partial charge on any atom is 0.227 e. The lowest BCUT2D eigenvalue weighted by Gasteiger charge is -2.27. The molecular weight excluding hydrogens is 208 g/mol. The summed E-state index contributed by atoms with van der Waals surface area (Å²) in [5.41, 5.74) is 0. The second kappa shape index (κ2) is 4.20. The third-order valence-electron chi connectivity index (χ3n) is 2.66. The molecule has 0 bridgehead atoms. The van der Waals surface area contributed by atoms with E-state index in [-0.39, 0.29) is 19.3 Å². The molecule has 1 aliphatic carbocycles. The molecule has 3 atom stereocenters. The number of aliphatic carboxylic acids is 1. The van der Waals surface area contributed by atoms with E-state index in [0.717, 1.165) is 0 Å². The first kappa shape index (κ1) is 11.3. The zero-order chi connectivity index (χ0) is 11.6. The van der Waals surface area contributed by atoms with Gasteiger partial charge in [-0.3, -0.25) is 20.2 Å². The van der Waals surface area contributed by atoms with Crippen molar-refractivity contribution in [3.05, 3.63) is 20.2 Å². The Hall–Kier alpha value is -1.73. The van der Waals surface area contributed by atoms with Crippen LogP contribution in [0.5, 0.6) is 0 Å². The summed E-state index contributed by atoms with van der Waals surface area (Å²) in [4.78, 5) is 30.1. The first-order valence-corrected chi connectivity index (χ1v) is 4.41. The SMILES string of the molecule is O=C([O-])C1CCC([N+](=O)[O-])CC1[N+](=O)[O-]. The van der Waals surface area contributed by atoms with Gasteiger partial charge in [0.2, 0.25) is 12.1 Å². The Morgan fingerprint density at radius 2 is 1.73 bits per heavy atom. The van der Waals surface area contributed by atoms with Crippen LogP contribution in [-0.4, -0.2) is 27.9 Å². The number of carboxylic acids is 1. The van der Waals surface area contributed by atoms with E-state index in [2.05, 4.69) is 0 Å². The minimum atomic E-state index is -1.50. The van der Waals surface area contributed by atoms with Crippen LogP contribution in [0.2, 0.25) is 0 Å². The number of nitrogens with zero attached hydrogens (tertiary/aromatic N) is 2. The van der Waals surface area contributed by atoms with Crippen LogP contribution in [0.25, 0.3) is 0 Å². The highest BCUT2D eigenvalue weighted by atomic mass is 16.6. The van der Waals surface area contributed by atoms with Crippen LogP contribution in [0.3, 0.4) is 0 Å². The van der Waals surface area contributed by atoms with Gasteiger partial charge in [0.15, 0.2) is 0 Å². The topological polar surface area (TPSA) is 126 Å². The number of carbonyl (C=O) groups excluding carboxylic acids is 1. The molecule has 0 amide bonds. The molecule has 3 unspecified atom stereocenters. The fourth-order valence-corrected chi connectivity index (χ4v) is 1.82. The molecule has 0 saturated heterocycles. The highest BCUT2D eigenvalue weighted by Gasteiger charge is 2.43. The molecular formula is C7H9N2O6-. The molecule has 0 heterocycles. The predicted octanol–water partition coefficient (Wildman–Crippen LogP) is -1.17. The van der Waals surface area contributed by atoms with Crippen LogP contribution in [0.4, 0.5) is 0 Å². The van der Waals surface area contributed by atoms with E-state index in [4.69, 9.17) is 0 Å². The quantitative estimate of drug-likeness (QED) is 0.432. The Morgan fingerprint density at radius 3 is 2.13 bits per heavy atom. The first-order chi connectivity index (χ1) is 6.93. The molecule has 8 heteroatoms. The van der Waals surface area contributed by atoms with Gasteiger partial charge in [0.1, 0.15) is 0 Å². The number of carboxylic acid groups (broad SMARTS) is 1. The molecule has 0 aromatic heterocycles. The van der Waals surface area contributed by atoms with E-state index < -0.39 is 33.8 Å². The number of nitro groups is 2. The summed E-state index contributed by atoms with van der Waals surface area (Å²) < 4.78 is 0. The third kappa shape index (κ3) is 2.39. The van der Waals surface area contributed by atoms with Gasteiger partial charge >= 0.3 is 0 Å². The maximum absolute atomic E-state index is 10.6. The Labute approximate surface area is 84.2 Å². The number of hydrogen-bond donors (Lipinski definition) is 0. The van der Waals surface area contributed by atoms with Crippen molar-refractivity contribution in [1.82, 2.24) is 0 Å². The van der Waals surface area contributed by atoms with Gasteiger partial charge in [-0.15, -0.1) is 0 Å². The second-order valence-corrected chi connectivity index (χ2v) is 3.53. The minimum absolute atomic E-state index is 0.0516. The number of carbonyl (C=O) groups is 1. The van der Waals surface area contributed by atoms with E-state index in [0.29, 0.717) is 0 Å². The van der Waals surface area contributed by atoms with Crippen LogP contribution in [-0.2, 0) is 4.79 Å². The molecule has 0 aromatic rings. The van der Waals surface area contributed by atoms with Crippen molar-refractivity contribution in [3.8, 4) is 0 Å². The van der Waals surface area contributed by atoms with Crippen molar-refractivity contribution in [2.75, 3.05) is 0 Å². The fraction of sp³-hybridized carbons (Fsp3) is 0.857. The molecule has 8 nitrogen and oxygen atoms in total. The molecule has 0 N–H and O–H groups in total. The molecule has 0 aliphatic heterocycles. The summed E-state index contributed by atoms with van der Waals surface area (Å²) in [7, 11) is 0. The van der Waals surface area contributed by atoms with Crippen molar-refractivity contribution in [2.24, 2.45) is 5.92 Å². The van der Waals surface area contributed by atoms with E-state index in [1.165, 1.54) is 0 Å². The monoisotopic (exact) mass is 217 g/mol. The zero-order valence-corrected chi connectivity index (χ0v) is 7.70. The molecule has 1 saturated carbocycles. The average Bonchev–Trinajstić information content (AvgIpc) is 2.16. The standard InChI is InChI=1S/C7H10N2O6/c10-7(11)5-2-1-4(8(12)13)3-6(5)9(14)15/h4-6H,1-3H2,(H,10,11)/p-1. The van der Waals surface area contributed by atoms with Crippen LogP contribution in [0, 0.1) is 26.1 Å². The molecule has 0 aromatic carbocycles. The van der Waals surface area contributed by atoms with Crippen molar-refractivity contribution in [3.63, 3.8) is 0 Å². The molecule has 0 radical (unpaired) electrons. The Morgan fingerprint density at radius 1 is 1.13 bits per heavy atom. The highest BCUT2D eigenvalue weighted by molar-refractivity contribution is 5.68. The normalized spacial score (nSPS) is 30.8. The van der Waals surface area contributed by atoms with Gasteiger partial charge in [0.25, 0.3) is 0 Å². The van der Waals surface area contributed by atoms with Crippen molar-refractivity contribution < 1.29 is 19.7 Å². The second-order valence-electron chi connectivity index (χ2n) is 3.53. The van der Waals surface area contributed by atoms with Crippen LogP contribution < -0.4 is 5.11 Å². The number of rotatable bonds is 3. The third-order valence-corrected chi connectivity index (χ3v) is 2.66. The molecule has 84 valence electrons. The molecule has 1 aliphatic rings. The maximum atomic E-state index is 10.6. The number of hydrogen-bond acceptors (Lipinski definition) is 6. The molecule has 1 fully saturated rings. The highest BCUT2D eigenvalue weighted by Crippen LogP contribution is 2.27. The van der Waals surface area contributed by atoms with E-state index >= 15 is 0 Å². The van der Waals surface area contributed by atoms with E-state index in [1.807, 2.05) is 0 Å². The zero-order valence-electron chi connectivity index (χ0n) is 7.70. The van der Waals surface area contributed by atoms with Crippen molar-refractivity contribution >= 4 is 5.97 Å². The van der Waals surface area contributed by atoms with Gasteiger partial charge < -0.3 is 9.90 Å². The molecule has 0 spiro atoms. The lowest BCUT2D eigenvalue weighted by atomic mass is 9.82. The van der Waals surface area contributed by atoms with Crippen LogP contribution in [0.1, 0.15) is 19.3 Å². The Balaban J connectivity index is 2.78. The minimum Gasteiger partial charge on any atom is -0.550 e. The van der Waals surface area contributed by atoms with Gasteiger partial charge in [-0.05, 0) is 6.42 Å². The Kier molecular flexibility index (Phi) is 3.17. The Bertz CT molecular complexity index is 304. The van der Waals surface area contributed by atoms with Crippen LogP contribution >= 0.6 is 0 Å². The molecule has 15 heavy (non-hydrogen) atoms. The summed E-state index contributed by atoms with van der Waals surface area (Å²) in [5.74, 6) is -2.71. The summed E-state index contributed by atoms with van der Waals surface area (Å²) in [6.07, 6.45) is -0.353. The van der Waals surface area contributed by atoms with Crippen LogP contribution in [0.15, 0.2) is 0 Å². The summed E-state index contributed by atoms with van der Waals surface area (Å²) in [5, 5.41) is 31.5. The molecule has 1 rings (SSSR count). The predicted molar refractivity (Wildman–Crippen MR) is 43.9 cm³/mol. The van der Waals surface area contributed by atoms with Gasteiger partial charge in [-0.1, -0.05) is 0 Å². The van der Waals surface area contributed by atoms with E-state index in [9.17, 15) is 30.1 Å². The van der Waals surface area contributed by atoms with Crippen molar-refractivity contribution in [1.29, 1.82) is 0 Å². The average molecular weight is 217 g/mol. The van der Waals surface area contributed by atoms with Gasteiger partial charge in [0.05, 0.1) is 18.3 Å². The smallest absolute Gasteiger partial charge is 0.227 e. The van der Waals surface area contributed by atoms with Gasteiger partial charge in [-0.25, -0.2) is 0 Å². The fourth-order valence-electron chi connectivity index (χ4n) is 1.82. The first-order valence-electron chi connectivity index (χ1n) is 4.41. The van der Waals surface area contributed by atoms with E-state index in [1.54, 1.807) is 0 Å².